The van der Waals surface area contributed by atoms with E-state index in [1.165, 1.54) is 54.6 Å². The van der Waals surface area contributed by atoms with E-state index in [2.05, 4.69) is 70.2 Å². The summed E-state index contributed by atoms with van der Waals surface area (Å²) in [6.07, 6.45) is 5.52. The van der Waals surface area contributed by atoms with Crippen LogP contribution >= 0.6 is 0 Å². The molecule has 5 heterocycles. The minimum atomic E-state index is -0.647. The maximum Gasteiger partial charge on any atom is 0.323 e. The minimum Gasteiger partial charge on any atom is -0.496 e. The normalized spacial score (nSPS) is 17.8. The Morgan fingerprint density at radius 3 is 1.37 bits per heavy atom. The minimum absolute atomic E-state index is 0. The fraction of sp³-hybridized carbons (Fsp3) is 0.491. The van der Waals surface area contributed by atoms with Crippen LogP contribution in [-0.2, 0) is 47.9 Å². The zero-order chi connectivity index (χ0) is 48.9. The van der Waals surface area contributed by atoms with Gasteiger partial charge in [-0.1, -0.05) is 35.1 Å². The van der Waals surface area contributed by atoms with Gasteiger partial charge in [-0.3, -0.25) is 25.0 Å². The monoisotopic (exact) mass is 939 g/mol. The molecular weight excluding hydrogens is 865 g/mol. The average Bonchev–Trinajstić information content (AvgIpc) is 3.99. The molecule has 15 heteroatoms. The van der Waals surface area contributed by atoms with Crippen molar-refractivity contribution in [2.75, 3.05) is 42.7 Å². The molecule has 2 aliphatic heterocycles. The summed E-state index contributed by atoms with van der Waals surface area (Å²) >= 11 is 0. The number of carbonyl (C=O) groups excluding carboxylic acids is 3. The Balaban J connectivity index is 0.000000191. The summed E-state index contributed by atoms with van der Waals surface area (Å²) in [5, 5.41) is 10.3. The molecule has 370 valence electrons. The summed E-state index contributed by atoms with van der Waals surface area (Å²) < 4.78 is 30.8. The largest absolute Gasteiger partial charge is 0.496 e. The Morgan fingerprint density at radius 2 is 1.00 bits per heavy atom. The number of rotatable bonds is 12. The van der Waals surface area contributed by atoms with Crippen molar-refractivity contribution in [3.05, 3.63) is 87.4 Å². The number of nitrogens with two attached hydrogens (primary N) is 1. The van der Waals surface area contributed by atoms with Crippen molar-refractivity contribution in [3.63, 3.8) is 0 Å². The van der Waals surface area contributed by atoms with Gasteiger partial charge in [0.1, 0.15) is 35.4 Å². The van der Waals surface area contributed by atoms with E-state index >= 15 is 0 Å². The van der Waals surface area contributed by atoms with Crippen molar-refractivity contribution in [1.29, 1.82) is 0 Å². The highest BCUT2D eigenvalue weighted by Gasteiger charge is 2.35. The third-order valence-electron chi connectivity index (χ3n) is 12.8. The third-order valence-corrected chi connectivity index (χ3v) is 12.8. The second kappa shape index (κ2) is 22.8. The number of aromatic nitrogens is 3. The highest BCUT2D eigenvalue weighted by atomic mass is 16.5. The third kappa shape index (κ3) is 11.4. The Kier molecular flexibility index (Phi) is 17.8. The smallest absolute Gasteiger partial charge is 0.323 e. The molecule has 0 unspecified atom stereocenters. The molecule has 0 saturated heterocycles. The van der Waals surface area contributed by atoms with Gasteiger partial charge in [0.15, 0.2) is 0 Å². The van der Waals surface area contributed by atoms with Crippen LogP contribution in [0, 0.1) is 32.6 Å². The van der Waals surface area contributed by atoms with Crippen molar-refractivity contribution in [1.82, 2.24) is 25.6 Å². The second-order valence-corrected chi connectivity index (χ2v) is 18.5. The molecule has 3 aromatic heterocycles. The summed E-state index contributed by atoms with van der Waals surface area (Å²) in [5.41, 5.74) is 17.9. The maximum atomic E-state index is 12.1. The first-order valence-electron chi connectivity index (χ1n) is 23.0. The van der Waals surface area contributed by atoms with Crippen LogP contribution in [0.5, 0.6) is 17.2 Å². The number of nitrogens with one attached hydrogen (secondary N) is 5. The average molecular weight is 939 g/mol. The Bertz CT molecular complexity index is 2580. The van der Waals surface area contributed by atoms with Crippen molar-refractivity contribution in [3.8, 4) is 17.2 Å². The van der Waals surface area contributed by atoms with Gasteiger partial charge in [-0.2, -0.15) is 0 Å². The van der Waals surface area contributed by atoms with E-state index in [0.717, 1.165) is 74.3 Å². The van der Waals surface area contributed by atoms with Gasteiger partial charge >= 0.3 is 17.9 Å². The molecule has 3 aromatic carbocycles. The number of fused-ring (bicyclic) bond motifs is 7. The summed E-state index contributed by atoms with van der Waals surface area (Å²) in [6, 6.07) is 11.4. The lowest BCUT2D eigenvalue weighted by Crippen LogP contribution is -2.45. The molecule has 0 bridgehead atoms. The number of hydrogen-bond acceptors (Lipinski definition) is 12. The van der Waals surface area contributed by atoms with Crippen molar-refractivity contribution in [2.45, 2.75) is 118 Å². The van der Waals surface area contributed by atoms with Crippen LogP contribution in [-0.4, -0.2) is 93.6 Å². The fourth-order valence-electron chi connectivity index (χ4n) is 9.54. The van der Waals surface area contributed by atoms with Gasteiger partial charge < -0.3 is 49.1 Å². The number of benzene rings is 3. The predicted octanol–water partition coefficient (Wildman–Crippen LogP) is 8.68. The van der Waals surface area contributed by atoms with Crippen LogP contribution in [0.15, 0.2) is 42.6 Å². The quantitative estimate of drug-likeness (QED) is 0.0504. The van der Waals surface area contributed by atoms with Gasteiger partial charge in [-0.05, 0) is 97.0 Å². The van der Waals surface area contributed by atoms with Crippen LogP contribution < -0.4 is 30.6 Å². The Morgan fingerprint density at radius 1 is 0.603 bits per heavy atom. The van der Waals surface area contributed by atoms with E-state index in [9.17, 15) is 14.4 Å². The van der Waals surface area contributed by atoms with Gasteiger partial charge in [0.05, 0.1) is 42.7 Å². The molecule has 5 atom stereocenters. The van der Waals surface area contributed by atoms with Crippen molar-refractivity contribution >= 4 is 50.6 Å². The highest BCUT2D eigenvalue weighted by molar-refractivity contribution is 5.90. The number of ether oxygens (including phenoxy) is 6. The fourth-order valence-corrected chi connectivity index (χ4v) is 9.54. The number of H-pyrrole nitrogens is 3. The number of carbonyl (C=O) groups is 3. The second-order valence-electron chi connectivity index (χ2n) is 18.5. The first-order chi connectivity index (χ1) is 31.9. The standard InChI is InChI=1S/2C19H26N2O3.C14H18N2O3.CH4/c2*1-10(2)6-15-18-13(8-16(20-15)19(22)24-5)12-7-11(3)17(23-4)9-14(12)21-18;1-8-4-10-9(5-11(15)14(17)19-3)7-16-12(10)6-13(8)18-2;/h2*7,9-10,15-16,20-21H,6,8H2,1-5H3;4,6-7,11,16H,5,15H2,1-3H3;1H4/t15-,16+;15-,16-;11-;/m001./s1. The van der Waals surface area contributed by atoms with Gasteiger partial charge in [0, 0.05) is 99.8 Å². The zero-order valence-electron chi connectivity index (χ0n) is 41.4. The molecule has 0 saturated carbocycles. The van der Waals surface area contributed by atoms with Crippen LogP contribution in [0.3, 0.4) is 0 Å². The lowest BCUT2D eigenvalue weighted by Gasteiger charge is -2.31. The number of methoxy groups -OCH3 is 6. The first-order valence-corrected chi connectivity index (χ1v) is 23.0. The summed E-state index contributed by atoms with van der Waals surface area (Å²) in [6.45, 7) is 14.8. The molecule has 0 radical (unpaired) electrons. The molecule has 0 fully saturated rings. The number of aromatic amines is 3. The van der Waals surface area contributed by atoms with Gasteiger partial charge in [-0.25, -0.2) is 0 Å². The predicted molar refractivity (Wildman–Crippen MR) is 269 cm³/mol. The van der Waals surface area contributed by atoms with E-state index in [4.69, 9.17) is 29.4 Å². The molecule has 68 heavy (non-hydrogen) atoms. The molecule has 2 aliphatic rings. The molecule has 0 aliphatic carbocycles. The van der Waals surface area contributed by atoms with Crippen molar-refractivity contribution in [2.24, 2.45) is 17.6 Å². The van der Waals surface area contributed by atoms with Gasteiger partial charge in [-0.15, -0.1) is 0 Å². The Labute approximate surface area is 400 Å². The van der Waals surface area contributed by atoms with E-state index in [-0.39, 0.29) is 43.5 Å². The molecule has 8 rings (SSSR count). The van der Waals surface area contributed by atoms with E-state index in [1.807, 2.05) is 51.2 Å². The highest BCUT2D eigenvalue weighted by Crippen LogP contribution is 2.39. The summed E-state index contributed by atoms with van der Waals surface area (Å²) in [7, 11) is 9.25. The Hall–Kier alpha value is -6.03. The van der Waals surface area contributed by atoms with Crippen LogP contribution in [0.25, 0.3) is 32.7 Å². The number of hydrogen-bond donors (Lipinski definition) is 6. The van der Waals surface area contributed by atoms with E-state index in [0.29, 0.717) is 31.1 Å². The van der Waals surface area contributed by atoms with Crippen LogP contribution in [0.2, 0.25) is 0 Å². The van der Waals surface area contributed by atoms with Crippen molar-refractivity contribution < 1.29 is 42.8 Å². The molecule has 0 spiro atoms. The number of aryl methyl sites for hydroxylation is 3. The van der Waals surface area contributed by atoms with E-state index < -0.39 is 12.0 Å². The molecule has 6 aromatic rings. The van der Waals surface area contributed by atoms with Crippen LogP contribution in [0.4, 0.5) is 0 Å². The topological polar surface area (TPSA) is 204 Å². The molecule has 15 nitrogen and oxygen atoms in total. The van der Waals surface area contributed by atoms with Crippen LogP contribution in [0.1, 0.15) is 105 Å². The summed E-state index contributed by atoms with van der Waals surface area (Å²) in [4.78, 5) is 45.9. The van der Waals surface area contributed by atoms with Gasteiger partial charge in [0.25, 0.3) is 0 Å². The maximum absolute atomic E-state index is 12.1. The molecule has 7 N–H and O–H groups in total. The first kappa shape index (κ1) is 52.9. The van der Waals surface area contributed by atoms with Gasteiger partial charge in [0.2, 0.25) is 0 Å². The lowest BCUT2D eigenvalue weighted by molar-refractivity contribution is -0.144. The SMILES string of the molecule is C.COC(=O)[C@@H]1Cc2c([nH]c3cc(OC)c(C)cc23)[C@H](CC(C)C)N1.COC(=O)[C@H](N)Cc1c[nH]c2cc(OC)c(C)cc12.COC(=O)[C@H]1Cc2c([nH]c3cc(OC)c(C)cc23)[C@H](CC(C)C)N1. The lowest BCUT2D eigenvalue weighted by atomic mass is 9.89. The molecule has 0 amide bonds. The van der Waals surface area contributed by atoms with E-state index in [1.54, 1.807) is 21.3 Å². The molecular formula is C53H74N6O9. The zero-order valence-corrected chi connectivity index (χ0v) is 41.4. The summed E-state index contributed by atoms with van der Waals surface area (Å²) in [5.74, 6) is 2.82. The number of esters is 3.